The molecule has 1 aliphatic heterocycles. The molecular weight excluding hydrogens is 516 g/mol. The highest BCUT2D eigenvalue weighted by Crippen LogP contribution is 2.40. The van der Waals surface area contributed by atoms with Crippen LogP contribution in [0.2, 0.25) is 0 Å². The van der Waals surface area contributed by atoms with Crippen molar-refractivity contribution in [3.8, 4) is 0 Å². The lowest BCUT2D eigenvalue weighted by atomic mass is 9.69. The molecule has 3 aliphatic rings. The predicted octanol–water partition coefficient (Wildman–Crippen LogP) is 4.09. The van der Waals surface area contributed by atoms with Gasteiger partial charge in [-0.1, -0.05) is 58.4 Å². The zero-order valence-corrected chi connectivity index (χ0v) is 21.4. The summed E-state index contributed by atoms with van der Waals surface area (Å²) in [6.07, 6.45) is 6.95. The molecule has 5 nitrogen and oxygen atoms in total. The normalized spacial score (nSPS) is 19.4. The third-order valence-electron chi connectivity index (χ3n) is 7.93. The SMILES string of the molecule is C[C@](C(=O)O)(C1=c2ccc3c(c2CCC1)CC=c1ccccc1=3)[C@@H]1Nc2ccc(Br)cc2C=NC1=O. The molecule has 180 valence electrons. The first-order valence-corrected chi connectivity index (χ1v) is 13.0. The van der Waals surface area contributed by atoms with E-state index in [0.717, 1.165) is 40.1 Å². The Labute approximate surface area is 216 Å². The second kappa shape index (κ2) is 8.56. The van der Waals surface area contributed by atoms with Crippen LogP contribution in [0.1, 0.15) is 36.5 Å². The van der Waals surface area contributed by atoms with Crippen LogP contribution in [0.5, 0.6) is 0 Å². The molecule has 6 heteroatoms. The number of carboxylic acid groups (broad SMARTS) is 1. The number of carboxylic acids is 1. The van der Waals surface area contributed by atoms with Crippen LogP contribution in [0.15, 0.2) is 64.1 Å². The van der Waals surface area contributed by atoms with E-state index in [9.17, 15) is 14.7 Å². The van der Waals surface area contributed by atoms with Gasteiger partial charge < -0.3 is 10.4 Å². The van der Waals surface area contributed by atoms with Crippen molar-refractivity contribution in [2.24, 2.45) is 10.4 Å². The van der Waals surface area contributed by atoms with Crippen molar-refractivity contribution in [2.45, 2.75) is 38.6 Å². The third-order valence-corrected chi connectivity index (χ3v) is 8.42. The number of benzene rings is 3. The molecule has 0 bridgehead atoms. The highest BCUT2D eigenvalue weighted by molar-refractivity contribution is 9.10. The number of hydrogen-bond acceptors (Lipinski definition) is 3. The number of halogens is 1. The maximum Gasteiger partial charge on any atom is 0.316 e. The zero-order valence-electron chi connectivity index (χ0n) is 19.8. The zero-order chi connectivity index (χ0) is 25.0. The summed E-state index contributed by atoms with van der Waals surface area (Å²) in [4.78, 5) is 30.5. The van der Waals surface area contributed by atoms with Crippen molar-refractivity contribution >= 4 is 51.4 Å². The highest BCUT2D eigenvalue weighted by Gasteiger charge is 2.50. The van der Waals surface area contributed by atoms with E-state index >= 15 is 0 Å². The number of aliphatic carboxylic acids is 1. The average molecular weight is 541 g/mol. The summed E-state index contributed by atoms with van der Waals surface area (Å²) in [5.74, 6) is -1.51. The lowest BCUT2D eigenvalue weighted by Crippen LogP contribution is -2.51. The third kappa shape index (κ3) is 3.46. The molecule has 3 aromatic carbocycles. The van der Waals surface area contributed by atoms with Crippen molar-refractivity contribution in [1.82, 2.24) is 0 Å². The molecule has 0 radical (unpaired) electrons. The quantitative estimate of drug-likeness (QED) is 0.524. The van der Waals surface area contributed by atoms with Crippen LogP contribution >= 0.6 is 15.9 Å². The summed E-state index contributed by atoms with van der Waals surface area (Å²) in [6.45, 7) is 1.68. The first kappa shape index (κ1) is 22.9. The van der Waals surface area contributed by atoms with Gasteiger partial charge in [0.2, 0.25) is 0 Å². The summed E-state index contributed by atoms with van der Waals surface area (Å²) < 4.78 is 0.861. The van der Waals surface area contributed by atoms with E-state index in [1.54, 1.807) is 6.92 Å². The number of rotatable bonds is 3. The molecule has 3 aromatic rings. The van der Waals surface area contributed by atoms with Crippen LogP contribution in [0, 0.1) is 15.9 Å². The molecule has 0 fully saturated rings. The molecule has 36 heavy (non-hydrogen) atoms. The number of amides is 1. The van der Waals surface area contributed by atoms with Crippen LogP contribution in [0.4, 0.5) is 5.69 Å². The molecule has 6 rings (SSSR count). The van der Waals surface area contributed by atoms with Crippen molar-refractivity contribution in [2.75, 3.05) is 5.32 Å². The minimum Gasteiger partial charge on any atom is -0.481 e. The van der Waals surface area contributed by atoms with E-state index in [2.05, 4.69) is 68.7 Å². The van der Waals surface area contributed by atoms with Gasteiger partial charge >= 0.3 is 5.97 Å². The number of benzodiazepines with no additional fused rings is 1. The number of carbonyl (C=O) groups is 2. The summed E-state index contributed by atoms with van der Waals surface area (Å²) in [5.41, 5.74) is 3.23. The largest absolute Gasteiger partial charge is 0.481 e. The van der Waals surface area contributed by atoms with Gasteiger partial charge in [0.05, 0.1) is 0 Å². The van der Waals surface area contributed by atoms with Gasteiger partial charge in [-0.05, 0) is 88.4 Å². The Bertz CT molecular complexity index is 1710. The fraction of sp³-hybridized carbons (Fsp3) is 0.233. The van der Waals surface area contributed by atoms with E-state index in [-0.39, 0.29) is 0 Å². The summed E-state index contributed by atoms with van der Waals surface area (Å²) >= 11 is 3.45. The predicted molar refractivity (Wildman–Crippen MR) is 144 cm³/mol. The minimum absolute atomic E-state index is 0.480. The second-order valence-electron chi connectivity index (χ2n) is 9.86. The number of nitrogens with zero attached hydrogens (tertiary/aromatic N) is 1. The highest BCUT2D eigenvalue weighted by atomic mass is 79.9. The molecule has 1 amide bonds. The van der Waals surface area contributed by atoms with Gasteiger partial charge in [-0.3, -0.25) is 9.59 Å². The number of fused-ring (bicyclic) bond motifs is 5. The van der Waals surface area contributed by atoms with Crippen molar-refractivity contribution in [3.05, 3.63) is 96.6 Å². The lowest BCUT2D eigenvalue weighted by molar-refractivity contribution is -0.147. The molecule has 1 heterocycles. The van der Waals surface area contributed by atoms with Crippen LogP contribution in [-0.4, -0.2) is 29.2 Å². The first-order valence-electron chi connectivity index (χ1n) is 12.2. The van der Waals surface area contributed by atoms with Crippen LogP contribution in [0.3, 0.4) is 0 Å². The fourth-order valence-corrected chi connectivity index (χ4v) is 6.39. The van der Waals surface area contributed by atoms with Crippen LogP contribution < -0.4 is 15.8 Å². The van der Waals surface area contributed by atoms with E-state index < -0.39 is 23.3 Å². The van der Waals surface area contributed by atoms with E-state index in [0.29, 0.717) is 12.1 Å². The Morgan fingerprint density at radius 1 is 1.06 bits per heavy atom. The van der Waals surface area contributed by atoms with E-state index in [1.807, 2.05) is 18.2 Å². The maximum absolute atomic E-state index is 13.3. The van der Waals surface area contributed by atoms with Gasteiger partial charge in [0, 0.05) is 21.9 Å². The average Bonchev–Trinajstić information content (AvgIpc) is 3.06. The fourth-order valence-electron chi connectivity index (χ4n) is 6.01. The molecule has 0 saturated heterocycles. The Morgan fingerprint density at radius 3 is 2.69 bits per heavy atom. The number of aliphatic imine (C=N–C) groups is 1. The molecule has 2 aliphatic carbocycles. The lowest BCUT2D eigenvalue weighted by Gasteiger charge is -2.37. The molecule has 0 saturated carbocycles. The summed E-state index contributed by atoms with van der Waals surface area (Å²) in [6, 6.07) is 17.1. The van der Waals surface area contributed by atoms with Crippen LogP contribution in [0.25, 0.3) is 11.6 Å². The van der Waals surface area contributed by atoms with Crippen molar-refractivity contribution in [1.29, 1.82) is 0 Å². The van der Waals surface area contributed by atoms with Crippen molar-refractivity contribution in [3.63, 3.8) is 0 Å². The molecule has 0 aromatic heterocycles. The molecule has 2 N–H and O–H groups in total. The Balaban J connectivity index is 1.59. The summed E-state index contributed by atoms with van der Waals surface area (Å²) in [5, 5.41) is 18.6. The van der Waals surface area contributed by atoms with E-state index in [1.165, 1.54) is 33.0 Å². The van der Waals surface area contributed by atoms with Gasteiger partial charge in [0.25, 0.3) is 5.91 Å². The number of hydrogen-bond donors (Lipinski definition) is 2. The first-order chi connectivity index (χ1) is 17.4. The van der Waals surface area contributed by atoms with Crippen LogP contribution in [-0.2, 0) is 22.4 Å². The van der Waals surface area contributed by atoms with E-state index in [4.69, 9.17) is 0 Å². The molecule has 0 unspecified atom stereocenters. The van der Waals surface area contributed by atoms with Gasteiger partial charge in [-0.2, -0.15) is 0 Å². The van der Waals surface area contributed by atoms with Gasteiger partial charge in [-0.25, -0.2) is 4.99 Å². The number of nitrogens with one attached hydrogen (secondary N) is 1. The van der Waals surface area contributed by atoms with Gasteiger partial charge in [0.1, 0.15) is 11.5 Å². The van der Waals surface area contributed by atoms with Crippen molar-refractivity contribution < 1.29 is 14.7 Å². The Kier molecular flexibility index (Phi) is 5.45. The smallest absolute Gasteiger partial charge is 0.316 e. The standard InChI is InChI=1S/C30H25BrN2O3/c1-30(29(35)36,27-28(34)32-16-18-15-19(31)10-14-26(18)33-27)25-8-4-7-21-23-11-9-17-5-2-3-6-20(17)22(23)12-13-24(21)25/h2-3,5-6,9-10,12-16,27,33H,4,7-8,11H2,1H3,(H,35,36)/t27-,30+/m1/s1. The number of anilines is 1. The monoisotopic (exact) mass is 540 g/mol. The van der Waals surface area contributed by atoms with Gasteiger partial charge in [0.15, 0.2) is 0 Å². The molecular formula is C30H25BrN2O3. The topological polar surface area (TPSA) is 78.8 Å². The minimum atomic E-state index is -1.47. The maximum atomic E-state index is 13.3. The molecule has 0 spiro atoms. The summed E-state index contributed by atoms with van der Waals surface area (Å²) in [7, 11) is 0. The molecule has 2 atom stereocenters. The Hall–Kier alpha value is -3.51. The second-order valence-corrected chi connectivity index (χ2v) is 10.8. The number of carbonyl (C=O) groups excluding carboxylic acids is 1. The Morgan fingerprint density at radius 2 is 1.86 bits per heavy atom. The van der Waals surface area contributed by atoms with Gasteiger partial charge in [-0.15, -0.1) is 0 Å².